The van der Waals surface area contributed by atoms with Crippen molar-refractivity contribution in [3.05, 3.63) is 0 Å². The quantitative estimate of drug-likeness (QED) is 0.680. The minimum Gasteiger partial charge on any atom is -0.481 e. The fourth-order valence-corrected chi connectivity index (χ4v) is 2.09. The maximum Gasteiger partial charge on any atom is 0.312 e. The van der Waals surface area contributed by atoms with Crippen molar-refractivity contribution in [3.63, 3.8) is 0 Å². The molecule has 0 amide bonds. The highest BCUT2D eigenvalue weighted by Crippen LogP contribution is 2.67. The number of aliphatic carboxylic acids is 1. The molecule has 0 aromatic heterocycles. The molecule has 13 heavy (non-hydrogen) atoms. The van der Waals surface area contributed by atoms with Gasteiger partial charge < -0.3 is 9.84 Å². The first-order chi connectivity index (χ1) is 5.86. The zero-order chi connectivity index (χ0) is 9.91. The van der Waals surface area contributed by atoms with Crippen molar-refractivity contribution in [2.45, 2.75) is 31.3 Å². The van der Waals surface area contributed by atoms with E-state index < -0.39 is 29.3 Å². The van der Waals surface area contributed by atoms with E-state index in [9.17, 15) is 13.6 Å². The van der Waals surface area contributed by atoms with Crippen LogP contribution in [-0.2, 0) is 9.53 Å². The van der Waals surface area contributed by atoms with E-state index in [1.165, 1.54) is 6.92 Å². The molecule has 1 spiro atoms. The number of carboxylic acids is 1. The van der Waals surface area contributed by atoms with Crippen LogP contribution in [-0.4, -0.2) is 29.2 Å². The van der Waals surface area contributed by atoms with E-state index in [1.807, 2.05) is 0 Å². The molecule has 0 bridgehead atoms. The molecule has 0 aromatic rings. The molecule has 1 aliphatic carbocycles. The molecule has 1 saturated carbocycles. The zero-order valence-corrected chi connectivity index (χ0v) is 7.14. The van der Waals surface area contributed by atoms with Gasteiger partial charge in [-0.05, 0) is 13.3 Å². The summed E-state index contributed by atoms with van der Waals surface area (Å²) >= 11 is 0. The minimum absolute atomic E-state index is 0.110. The number of hydrogen-bond donors (Lipinski definition) is 1. The third kappa shape index (κ3) is 0.782. The Bertz CT molecular complexity index is 275. The van der Waals surface area contributed by atoms with Crippen molar-refractivity contribution in [1.29, 1.82) is 0 Å². The predicted octanol–water partition coefficient (Wildman–Crippen LogP) is 1.28. The molecule has 2 aliphatic rings. The molecular formula is C8H10F2O3. The summed E-state index contributed by atoms with van der Waals surface area (Å²) in [5.41, 5.74) is -3.14. The number of rotatable bonds is 1. The van der Waals surface area contributed by atoms with Crippen LogP contribution in [0.4, 0.5) is 8.78 Å². The first-order valence-corrected chi connectivity index (χ1v) is 4.11. The van der Waals surface area contributed by atoms with Crippen molar-refractivity contribution in [1.82, 2.24) is 0 Å². The molecular weight excluding hydrogens is 182 g/mol. The van der Waals surface area contributed by atoms with Gasteiger partial charge in [0, 0.05) is 6.61 Å². The Morgan fingerprint density at radius 1 is 1.54 bits per heavy atom. The minimum atomic E-state index is -2.96. The van der Waals surface area contributed by atoms with Crippen LogP contribution in [0.15, 0.2) is 0 Å². The van der Waals surface area contributed by atoms with Gasteiger partial charge in [0.2, 0.25) is 0 Å². The molecule has 1 saturated heterocycles. The van der Waals surface area contributed by atoms with Gasteiger partial charge in [0.1, 0.15) is 5.41 Å². The second-order valence-corrected chi connectivity index (χ2v) is 3.94. The van der Waals surface area contributed by atoms with Crippen LogP contribution < -0.4 is 0 Å². The normalized spacial score (nSPS) is 46.7. The number of carbonyl (C=O) groups is 1. The summed E-state index contributed by atoms with van der Waals surface area (Å²) in [6.07, 6.45) is -0.291. The van der Waals surface area contributed by atoms with Crippen molar-refractivity contribution in [2.75, 3.05) is 6.61 Å². The average molecular weight is 192 g/mol. The molecule has 1 heterocycles. The number of carboxylic acid groups (broad SMARTS) is 1. The smallest absolute Gasteiger partial charge is 0.312 e. The molecule has 74 valence electrons. The summed E-state index contributed by atoms with van der Waals surface area (Å²) in [7, 11) is 0. The average Bonchev–Trinajstić information content (AvgIpc) is 2.34. The lowest BCUT2D eigenvalue weighted by Gasteiger charge is -2.25. The summed E-state index contributed by atoms with van der Waals surface area (Å²) in [4.78, 5) is 10.9. The Labute approximate surface area is 73.7 Å². The van der Waals surface area contributed by atoms with Gasteiger partial charge in [0.25, 0.3) is 5.92 Å². The van der Waals surface area contributed by atoms with Crippen LogP contribution in [0.1, 0.15) is 19.8 Å². The van der Waals surface area contributed by atoms with E-state index in [-0.39, 0.29) is 13.0 Å². The zero-order valence-electron chi connectivity index (χ0n) is 7.14. The van der Waals surface area contributed by atoms with E-state index in [0.717, 1.165) is 0 Å². The summed E-state index contributed by atoms with van der Waals surface area (Å²) in [5.74, 6) is -4.15. The van der Waals surface area contributed by atoms with Gasteiger partial charge in [0.05, 0.1) is 6.42 Å². The second kappa shape index (κ2) is 2.03. The van der Waals surface area contributed by atoms with Gasteiger partial charge in [-0.2, -0.15) is 0 Å². The Hall–Kier alpha value is -0.710. The molecule has 2 rings (SSSR count). The summed E-state index contributed by atoms with van der Waals surface area (Å²) in [5, 5.41) is 8.87. The monoisotopic (exact) mass is 192 g/mol. The number of halogens is 2. The topological polar surface area (TPSA) is 46.5 Å². The number of hydrogen-bond acceptors (Lipinski definition) is 2. The molecule has 0 radical (unpaired) electrons. The van der Waals surface area contributed by atoms with E-state index in [0.29, 0.717) is 0 Å². The van der Waals surface area contributed by atoms with Gasteiger partial charge in [-0.15, -0.1) is 0 Å². The van der Waals surface area contributed by atoms with Crippen LogP contribution in [0.3, 0.4) is 0 Å². The van der Waals surface area contributed by atoms with Crippen molar-refractivity contribution in [3.8, 4) is 0 Å². The van der Waals surface area contributed by atoms with Gasteiger partial charge in [-0.3, -0.25) is 4.79 Å². The molecule has 0 unspecified atom stereocenters. The van der Waals surface area contributed by atoms with Crippen molar-refractivity contribution < 1.29 is 23.4 Å². The maximum absolute atomic E-state index is 13.0. The van der Waals surface area contributed by atoms with Gasteiger partial charge in [-0.25, -0.2) is 8.78 Å². The highest BCUT2D eigenvalue weighted by molar-refractivity contribution is 5.78. The second-order valence-electron chi connectivity index (χ2n) is 3.94. The van der Waals surface area contributed by atoms with Gasteiger partial charge >= 0.3 is 5.97 Å². The first kappa shape index (κ1) is 8.87. The number of ether oxygens (including phenoxy) is 1. The van der Waals surface area contributed by atoms with Gasteiger partial charge in [-0.1, -0.05) is 0 Å². The highest BCUT2D eigenvalue weighted by atomic mass is 19.3. The maximum atomic E-state index is 13.0. The summed E-state index contributed by atoms with van der Waals surface area (Å²) < 4.78 is 30.8. The summed E-state index contributed by atoms with van der Waals surface area (Å²) in [6, 6.07) is 0. The van der Waals surface area contributed by atoms with E-state index in [1.54, 1.807) is 0 Å². The van der Waals surface area contributed by atoms with E-state index in [2.05, 4.69) is 0 Å². The van der Waals surface area contributed by atoms with Crippen LogP contribution in [0, 0.1) is 5.41 Å². The van der Waals surface area contributed by atoms with Crippen molar-refractivity contribution >= 4 is 5.97 Å². The molecule has 3 nitrogen and oxygen atoms in total. The van der Waals surface area contributed by atoms with Crippen LogP contribution in [0.25, 0.3) is 0 Å². The molecule has 2 fully saturated rings. The fourth-order valence-electron chi connectivity index (χ4n) is 2.09. The Morgan fingerprint density at radius 2 is 2.08 bits per heavy atom. The molecule has 0 aromatic carbocycles. The third-order valence-electron chi connectivity index (χ3n) is 3.25. The third-order valence-corrected chi connectivity index (χ3v) is 3.25. The standard InChI is InChI=1S/C8H10F2O3/c1-6(5(11)12)2-3-13-7(6)4-8(7,9)10/h2-4H2,1H3,(H,11,12)/t6-,7-/m1/s1. The molecule has 1 N–H and O–H groups in total. The lowest BCUT2D eigenvalue weighted by Crippen LogP contribution is -2.41. The lowest BCUT2D eigenvalue weighted by atomic mass is 9.81. The fraction of sp³-hybridized carbons (Fsp3) is 0.875. The highest BCUT2D eigenvalue weighted by Gasteiger charge is 2.83. The van der Waals surface area contributed by atoms with Crippen molar-refractivity contribution in [2.24, 2.45) is 5.41 Å². The van der Waals surface area contributed by atoms with E-state index in [4.69, 9.17) is 9.84 Å². The van der Waals surface area contributed by atoms with Crippen LogP contribution in [0.5, 0.6) is 0 Å². The SMILES string of the molecule is C[C@]1(C(=O)O)CCO[C@]12CC2(F)F. The molecule has 2 atom stereocenters. The lowest BCUT2D eigenvalue weighted by molar-refractivity contribution is -0.158. The summed E-state index contributed by atoms with van der Waals surface area (Å²) in [6.45, 7) is 1.45. The Balaban J connectivity index is 2.37. The van der Waals surface area contributed by atoms with Crippen LogP contribution in [0.2, 0.25) is 0 Å². The molecule has 5 heteroatoms. The first-order valence-electron chi connectivity index (χ1n) is 4.11. The molecule has 1 aliphatic heterocycles. The van der Waals surface area contributed by atoms with Gasteiger partial charge in [0.15, 0.2) is 5.60 Å². The predicted molar refractivity (Wildman–Crippen MR) is 38.6 cm³/mol. The van der Waals surface area contributed by atoms with Crippen LogP contribution >= 0.6 is 0 Å². The number of alkyl halides is 2. The Kier molecular flexibility index (Phi) is 1.38. The largest absolute Gasteiger partial charge is 0.481 e. The Morgan fingerprint density at radius 3 is 2.38 bits per heavy atom. The van der Waals surface area contributed by atoms with E-state index >= 15 is 0 Å².